The lowest BCUT2D eigenvalue weighted by atomic mass is 9.77. The lowest BCUT2D eigenvalue weighted by Crippen LogP contribution is -2.41. The minimum absolute atomic E-state index is 0.338. The Balaban J connectivity index is 2.08. The van der Waals surface area contributed by atoms with E-state index in [1.54, 1.807) is 12.4 Å². The van der Waals surface area contributed by atoms with E-state index in [0.717, 1.165) is 16.5 Å². The fourth-order valence-electron chi connectivity index (χ4n) is 2.18. The number of fused-ring (bicyclic) bond motifs is 1. The van der Waals surface area contributed by atoms with Gasteiger partial charge in [-0.1, -0.05) is 6.07 Å². The first kappa shape index (κ1) is 12.6. The van der Waals surface area contributed by atoms with Crippen molar-refractivity contribution < 1.29 is 9.31 Å². The molecule has 1 fully saturated rings. The van der Waals surface area contributed by atoms with Crippen molar-refractivity contribution in [2.24, 2.45) is 0 Å². The first-order valence-corrected chi connectivity index (χ1v) is 6.46. The summed E-state index contributed by atoms with van der Waals surface area (Å²) in [6.45, 7) is 8.20. The smallest absolute Gasteiger partial charge is 0.399 e. The molecule has 1 aliphatic rings. The molecule has 5 heteroatoms. The molecule has 0 radical (unpaired) electrons. The van der Waals surface area contributed by atoms with Crippen LogP contribution in [0.3, 0.4) is 0 Å². The lowest BCUT2D eigenvalue weighted by Gasteiger charge is -2.32. The van der Waals surface area contributed by atoms with Crippen molar-refractivity contribution in [3.63, 3.8) is 0 Å². The molecular weight excluding hydrogens is 239 g/mol. The van der Waals surface area contributed by atoms with Crippen LogP contribution >= 0.6 is 0 Å². The number of pyridine rings is 2. The van der Waals surface area contributed by atoms with Crippen molar-refractivity contribution in [3.8, 4) is 0 Å². The highest BCUT2D eigenvalue weighted by Gasteiger charge is 2.52. The monoisotopic (exact) mass is 256 g/mol. The van der Waals surface area contributed by atoms with E-state index in [1.165, 1.54) is 0 Å². The Morgan fingerprint density at radius 2 is 1.58 bits per heavy atom. The summed E-state index contributed by atoms with van der Waals surface area (Å²) < 4.78 is 12.2. The average molecular weight is 256 g/mol. The molecule has 3 rings (SSSR count). The molecule has 3 heterocycles. The van der Waals surface area contributed by atoms with Gasteiger partial charge < -0.3 is 9.31 Å². The molecule has 2 aromatic rings. The molecule has 0 saturated carbocycles. The second-order valence-corrected chi connectivity index (χ2v) is 5.86. The number of hydrogen-bond acceptors (Lipinski definition) is 4. The molecule has 0 bridgehead atoms. The molecule has 98 valence electrons. The molecule has 0 aromatic carbocycles. The molecule has 0 aliphatic carbocycles. The molecule has 0 unspecified atom stereocenters. The van der Waals surface area contributed by atoms with E-state index in [-0.39, 0.29) is 18.3 Å². The van der Waals surface area contributed by atoms with Crippen LogP contribution in [-0.2, 0) is 9.31 Å². The molecule has 2 aromatic heterocycles. The highest BCUT2D eigenvalue weighted by molar-refractivity contribution is 6.65. The number of nitrogens with zero attached hydrogens (tertiary/aromatic N) is 2. The predicted molar refractivity (Wildman–Crippen MR) is 75.3 cm³/mol. The van der Waals surface area contributed by atoms with Crippen LogP contribution in [-0.4, -0.2) is 28.3 Å². The van der Waals surface area contributed by atoms with Gasteiger partial charge in [0, 0.05) is 17.8 Å². The van der Waals surface area contributed by atoms with Crippen LogP contribution in [0.25, 0.3) is 11.0 Å². The molecule has 4 nitrogen and oxygen atoms in total. The fraction of sp³-hybridized carbons (Fsp3) is 0.429. The molecule has 1 saturated heterocycles. The minimum Gasteiger partial charge on any atom is -0.399 e. The topological polar surface area (TPSA) is 44.2 Å². The maximum absolute atomic E-state index is 6.08. The quantitative estimate of drug-likeness (QED) is 0.731. The van der Waals surface area contributed by atoms with E-state index < -0.39 is 0 Å². The molecular formula is C14H17BN2O2. The zero-order valence-corrected chi connectivity index (χ0v) is 11.7. The summed E-state index contributed by atoms with van der Waals surface area (Å²) in [5, 5.41) is 0.975. The van der Waals surface area contributed by atoms with Crippen LogP contribution in [0.1, 0.15) is 27.7 Å². The van der Waals surface area contributed by atoms with Crippen LogP contribution in [0.4, 0.5) is 0 Å². The largest absolute Gasteiger partial charge is 0.495 e. The van der Waals surface area contributed by atoms with Crippen molar-refractivity contribution in [2.75, 3.05) is 0 Å². The van der Waals surface area contributed by atoms with Gasteiger partial charge in [-0.2, -0.15) is 0 Å². The van der Waals surface area contributed by atoms with Gasteiger partial charge in [0.1, 0.15) is 0 Å². The van der Waals surface area contributed by atoms with Gasteiger partial charge in [0.05, 0.1) is 11.2 Å². The van der Waals surface area contributed by atoms with Crippen LogP contribution in [0.15, 0.2) is 30.6 Å². The molecule has 0 spiro atoms. The predicted octanol–water partition coefficient (Wildman–Crippen LogP) is 1.93. The van der Waals surface area contributed by atoms with Gasteiger partial charge in [-0.15, -0.1) is 0 Å². The van der Waals surface area contributed by atoms with Crippen molar-refractivity contribution in [3.05, 3.63) is 30.6 Å². The highest BCUT2D eigenvalue weighted by atomic mass is 16.7. The van der Waals surface area contributed by atoms with Gasteiger partial charge >= 0.3 is 7.12 Å². The summed E-state index contributed by atoms with van der Waals surface area (Å²) in [6, 6.07) is 5.83. The number of hydrogen-bond donors (Lipinski definition) is 0. The average Bonchev–Trinajstić information content (AvgIpc) is 2.58. The molecule has 19 heavy (non-hydrogen) atoms. The second-order valence-electron chi connectivity index (χ2n) is 5.86. The maximum Gasteiger partial charge on any atom is 0.495 e. The maximum atomic E-state index is 6.08. The van der Waals surface area contributed by atoms with Gasteiger partial charge in [-0.05, 0) is 45.3 Å². The number of rotatable bonds is 1. The third-order valence-corrected chi connectivity index (χ3v) is 4.06. The van der Waals surface area contributed by atoms with Crippen LogP contribution < -0.4 is 5.46 Å². The Hall–Kier alpha value is -1.46. The Labute approximate surface area is 113 Å². The van der Waals surface area contributed by atoms with Gasteiger partial charge in [-0.25, -0.2) is 9.97 Å². The van der Waals surface area contributed by atoms with Gasteiger partial charge in [-0.3, -0.25) is 0 Å². The van der Waals surface area contributed by atoms with E-state index in [9.17, 15) is 0 Å². The number of aromatic nitrogens is 2. The zero-order valence-electron chi connectivity index (χ0n) is 11.7. The van der Waals surface area contributed by atoms with E-state index in [0.29, 0.717) is 0 Å². The van der Waals surface area contributed by atoms with Crippen LogP contribution in [0.2, 0.25) is 0 Å². The molecule has 0 N–H and O–H groups in total. The Morgan fingerprint density at radius 1 is 0.947 bits per heavy atom. The highest BCUT2D eigenvalue weighted by Crippen LogP contribution is 2.36. The zero-order chi connectivity index (χ0) is 13.7. The van der Waals surface area contributed by atoms with E-state index >= 15 is 0 Å². The summed E-state index contributed by atoms with van der Waals surface area (Å²) >= 11 is 0. The lowest BCUT2D eigenvalue weighted by molar-refractivity contribution is 0.00578. The fourth-order valence-corrected chi connectivity index (χ4v) is 2.18. The summed E-state index contributed by atoms with van der Waals surface area (Å²) in [5.74, 6) is 0. The first-order valence-electron chi connectivity index (χ1n) is 6.46. The van der Waals surface area contributed by atoms with Gasteiger partial charge in [0.25, 0.3) is 0 Å². The Kier molecular flexibility index (Phi) is 2.66. The van der Waals surface area contributed by atoms with Gasteiger partial charge in [0.15, 0.2) is 5.65 Å². The van der Waals surface area contributed by atoms with Crippen molar-refractivity contribution in [1.29, 1.82) is 0 Å². The van der Waals surface area contributed by atoms with Crippen LogP contribution in [0.5, 0.6) is 0 Å². The Morgan fingerprint density at radius 3 is 2.26 bits per heavy atom. The SMILES string of the molecule is CC1(C)OB(c2ccnc3ncccc23)OC1(C)C. The third kappa shape index (κ3) is 1.93. The Bertz CT molecular complexity index is 606. The standard InChI is InChI=1S/C14H17BN2O2/c1-13(2)14(3,4)19-15(18-13)11-7-9-17-12-10(11)6-5-8-16-12/h5-9H,1-4H3. The van der Waals surface area contributed by atoms with Crippen molar-refractivity contribution in [1.82, 2.24) is 9.97 Å². The second kappa shape index (κ2) is 4.02. The summed E-state index contributed by atoms with van der Waals surface area (Å²) in [4.78, 5) is 8.53. The van der Waals surface area contributed by atoms with Crippen molar-refractivity contribution in [2.45, 2.75) is 38.9 Å². The summed E-state index contributed by atoms with van der Waals surface area (Å²) in [5.41, 5.74) is 1.02. The van der Waals surface area contributed by atoms with E-state index in [4.69, 9.17) is 9.31 Å². The molecule has 0 atom stereocenters. The van der Waals surface area contributed by atoms with Crippen LogP contribution in [0, 0.1) is 0 Å². The molecule has 1 aliphatic heterocycles. The van der Waals surface area contributed by atoms with E-state index in [2.05, 4.69) is 37.7 Å². The summed E-state index contributed by atoms with van der Waals surface area (Å²) in [6.07, 6.45) is 3.49. The molecule has 0 amide bonds. The van der Waals surface area contributed by atoms with E-state index in [1.807, 2.05) is 18.2 Å². The van der Waals surface area contributed by atoms with Crippen molar-refractivity contribution >= 4 is 23.6 Å². The third-order valence-electron chi connectivity index (χ3n) is 4.06. The van der Waals surface area contributed by atoms with Gasteiger partial charge in [0.2, 0.25) is 0 Å². The summed E-state index contributed by atoms with van der Waals surface area (Å²) in [7, 11) is -0.375. The normalized spacial score (nSPS) is 20.9. The minimum atomic E-state index is -0.375. The first-order chi connectivity index (χ1) is 8.91.